The number of thiazole rings is 1. The van der Waals surface area contributed by atoms with Crippen molar-refractivity contribution in [3.8, 4) is 0 Å². The zero-order valence-electron chi connectivity index (χ0n) is 13.5. The molecule has 1 aromatic carbocycles. The van der Waals surface area contributed by atoms with Crippen molar-refractivity contribution in [3.63, 3.8) is 0 Å². The van der Waals surface area contributed by atoms with Gasteiger partial charge in [-0.2, -0.15) is 0 Å². The number of aryl methyl sites for hydroxylation is 1. The van der Waals surface area contributed by atoms with E-state index in [4.69, 9.17) is 16.3 Å². The zero-order chi connectivity index (χ0) is 16.9. The molecule has 0 unspecified atom stereocenters. The number of morpholine rings is 1. The van der Waals surface area contributed by atoms with Gasteiger partial charge in [-0.3, -0.25) is 9.69 Å². The minimum atomic E-state index is -0.0661. The summed E-state index contributed by atoms with van der Waals surface area (Å²) in [6.07, 6.45) is 0.279. The first kappa shape index (κ1) is 17.4. The van der Waals surface area contributed by atoms with E-state index in [-0.39, 0.29) is 12.3 Å². The molecule has 7 heteroatoms. The van der Waals surface area contributed by atoms with E-state index < -0.39 is 0 Å². The highest BCUT2D eigenvalue weighted by Gasteiger charge is 2.14. The maximum atomic E-state index is 12.2. The highest BCUT2D eigenvalue weighted by molar-refractivity contribution is 7.09. The summed E-state index contributed by atoms with van der Waals surface area (Å²) in [5.41, 5.74) is 2.54. The Labute approximate surface area is 150 Å². The second kappa shape index (κ2) is 8.07. The molecule has 3 rings (SSSR count). The van der Waals surface area contributed by atoms with Crippen molar-refractivity contribution in [2.75, 3.05) is 31.6 Å². The van der Waals surface area contributed by atoms with Crippen LogP contribution in [0.3, 0.4) is 0 Å². The summed E-state index contributed by atoms with van der Waals surface area (Å²) in [6.45, 7) is 6.18. The number of carbonyl (C=O) groups is 1. The van der Waals surface area contributed by atoms with Gasteiger partial charge in [-0.15, -0.1) is 11.3 Å². The van der Waals surface area contributed by atoms with E-state index in [0.29, 0.717) is 5.02 Å². The highest BCUT2D eigenvalue weighted by atomic mass is 35.5. The average molecular weight is 366 g/mol. The molecule has 0 atom stereocenters. The van der Waals surface area contributed by atoms with Crippen molar-refractivity contribution >= 4 is 34.5 Å². The van der Waals surface area contributed by atoms with Crippen molar-refractivity contribution in [1.82, 2.24) is 9.88 Å². The number of carbonyl (C=O) groups excluding carboxylic acids is 1. The van der Waals surface area contributed by atoms with Crippen LogP contribution in [0.4, 0.5) is 5.69 Å². The number of nitrogens with zero attached hydrogens (tertiary/aromatic N) is 2. The smallest absolute Gasteiger partial charge is 0.230 e. The van der Waals surface area contributed by atoms with Crippen LogP contribution in [0.2, 0.25) is 5.02 Å². The summed E-state index contributed by atoms with van der Waals surface area (Å²) < 4.78 is 5.35. The molecule has 128 valence electrons. The Morgan fingerprint density at radius 3 is 2.96 bits per heavy atom. The van der Waals surface area contributed by atoms with E-state index >= 15 is 0 Å². The summed E-state index contributed by atoms with van der Waals surface area (Å²) in [4.78, 5) is 19.1. The quantitative estimate of drug-likeness (QED) is 0.884. The van der Waals surface area contributed by atoms with Gasteiger partial charge in [0.1, 0.15) is 5.01 Å². The lowest BCUT2D eigenvalue weighted by Crippen LogP contribution is -2.35. The fourth-order valence-corrected chi connectivity index (χ4v) is 3.64. The van der Waals surface area contributed by atoms with Crippen molar-refractivity contribution in [2.24, 2.45) is 0 Å². The van der Waals surface area contributed by atoms with E-state index in [0.717, 1.165) is 54.8 Å². The molecule has 24 heavy (non-hydrogen) atoms. The molecule has 1 fully saturated rings. The van der Waals surface area contributed by atoms with Crippen LogP contribution in [-0.4, -0.2) is 42.1 Å². The Hall–Kier alpha value is -1.47. The number of halogens is 1. The fraction of sp³-hybridized carbons (Fsp3) is 0.412. The van der Waals surface area contributed by atoms with Crippen molar-refractivity contribution < 1.29 is 9.53 Å². The number of anilines is 1. The number of rotatable bonds is 5. The molecule has 2 heterocycles. The van der Waals surface area contributed by atoms with Crippen molar-refractivity contribution in [2.45, 2.75) is 19.9 Å². The summed E-state index contributed by atoms with van der Waals surface area (Å²) in [5.74, 6) is -0.0661. The van der Waals surface area contributed by atoms with Gasteiger partial charge < -0.3 is 10.1 Å². The Bertz CT molecular complexity index is 714. The van der Waals surface area contributed by atoms with E-state index in [1.54, 1.807) is 17.4 Å². The second-order valence-electron chi connectivity index (χ2n) is 5.81. The normalized spacial score (nSPS) is 15.4. The molecule has 1 saturated heterocycles. The maximum Gasteiger partial charge on any atom is 0.230 e. The molecule has 0 bridgehead atoms. The lowest BCUT2D eigenvalue weighted by Gasteiger charge is -2.25. The molecule has 2 aromatic rings. The van der Waals surface area contributed by atoms with Crippen molar-refractivity contribution in [3.05, 3.63) is 44.9 Å². The standard InChI is InChI=1S/C17H20ClN3O2S/c1-12-8-13(18)2-3-15(12)20-16(22)9-14-11-24-17(19-14)10-21-4-6-23-7-5-21/h2-3,8,11H,4-7,9-10H2,1H3,(H,20,22). The molecule has 1 aliphatic heterocycles. The van der Waals surface area contributed by atoms with Crippen LogP contribution in [0.1, 0.15) is 16.3 Å². The number of benzene rings is 1. The molecule has 5 nitrogen and oxygen atoms in total. The van der Waals surface area contributed by atoms with Gasteiger partial charge in [0.15, 0.2) is 0 Å². The van der Waals surface area contributed by atoms with Gasteiger partial charge in [-0.05, 0) is 30.7 Å². The number of hydrogen-bond donors (Lipinski definition) is 1. The number of amides is 1. The molecule has 1 amide bonds. The predicted molar refractivity (Wildman–Crippen MR) is 96.7 cm³/mol. The first-order chi connectivity index (χ1) is 11.6. The number of hydrogen-bond acceptors (Lipinski definition) is 5. The van der Waals surface area contributed by atoms with Gasteiger partial charge in [0.25, 0.3) is 0 Å². The molecule has 0 aliphatic carbocycles. The molecule has 1 N–H and O–H groups in total. The molecular formula is C17H20ClN3O2S. The van der Waals surface area contributed by atoms with Crippen LogP contribution in [0, 0.1) is 6.92 Å². The zero-order valence-corrected chi connectivity index (χ0v) is 15.1. The molecule has 1 aromatic heterocycles. The molecule has 1 aliphatic rings. The molecule has 0 saturated carbocycles. The number of ether oxygens (including phenoxy) is 1. The minimum absolute atomic E-state index is 0.0661. The summed E-state index contributed by atoms with van der Waals surface area (Å²) in [6, 6.07) is 5.42. The van der Waals surface area contributed by atoms with Crippen LogP contribution >= 0.6 is 22.9 Å². The van der Waals surface area contributed by atoms with Gasteiger partial charge >= 0.3 is 0 Å². The van der Waals surface area contributed by atoms with Crippen LogP contribution in [-0.2, 0) is 22.5 Å². The number of aromatic nitrogens is 1. The van der Waals surface area contributed by atoms with Gasteiger partial charge in [0, 0.05) is 29.2 Å². The van der Waals surface area contributed by atoms with E-state index in [2.05, 4.69) is 15.2 Å². The third-order valence-corrected chi connectivity index (χ3v) is 4.98. The van der Waals surface area contributed by atoms with Crippen LogP contribution in [0.5, 0.6) is 0 Å². The summed E-state index contributed by atoms with van der Waals surface area (Å²) >= 11 is 7.54. The predicted octanol–water partition coefficient (Wildman–Crippen LogP) is 3.12. The van der Waals surface area contributed by atoms with Gasteiger partial charge in [-0.25, -0.2) is 4.98 Å². The maximum absolute atomic E-state index is 12.2. The topological polar surface area (TPSA) is 54.5 Å². The molecular weight excluding hydrogens is 346 g/mol. The average Bonchev–Trinajstić information content (AvgIpc) is 2.98. The monoisotopic (exact) mass is 365 g/mol. The Kier molecular flexibility index (Phi) is 5.84. The number of nitrogens with one attached hydrogen (secondary N) is 1. The Balaban J connectivity index is 1.54. The molecule has 0 spiro atoms. The van der Waals surface area contributed by atoms with Crippen LogP contribution < -0.4 is 5.32 Å². The van der Waals surface area contributed by atoms with E-state index in [1.165, 1.54) is 0 Å². The van der Waals surface area contributed by atoms with E-state index in [9.17, 15) is 4.79 Å². The van der Waals surface area contributed by atoms with Crippen molar-refractivity contribution in [1.29, 1.82) is 0 Å². The van der Waals surface area contributed by atoms with E-state index in [1.807, 2.05) is 24.4 Å². The van der Waals surface area contributed by atoms with Gasteiger partial charge in [0.2, 0.25) is 5.91 Å². The molecule has 0 radical (unpaired) electrons. The Morgan fingerprint density at radius 2 is 2.21 bits per heavy atom. The first-order valence-electron chi connectivity index (χ1n) is 7.89. The van der Waals surface area contributed by atoms with Crippen LogP contribution in [0.15, 0.2) is 23.6 Å². The first-order valence-corrected chi connectivity index (χ1v) is 9.15. The lowest BCUT2D eigenvalue weighted by molar-refractivity contribution is -0.115. The SMILES string of the molecule is Cc1cc(Cl)ccc1NC(=O)Cc1csc(CN2CCOCC2)n1. The third-order valence-electron chi connectivity index (χ3n) is 3.87. The minimum Gasteiger partial charge on any atom is -0.379 e. The summed E-state index contributed by atoms with van der Waals surface area (Å²) in [5, 5.41) is 6.59. The Morgan fingerprint density at radius 1 is 1.42 bits per heavy atom. The van der Waals surface area contributed by atoms with Crippen LogP contribution in [0.25, 0.3) is 0 Å². The third kappa shape index (κ3) is 4.77. The lowest BCUT2D eigenvalue weighted by atomic mass is 10.2. The second-order valence-corrected chi connectivity index (χ2v) is 7.18. The highest BCUT2D eigenvalue weighted by Crippen LogP contribution is 2.20. The summed E-state index contributed by atoms with van der Waals surface area (Å²) in [7, 11) is 0. The largest absolute Gasteiger partial charge is 0.379 e. The van der Waals surface area contributed by atoms with Gasteiger partial charge in [-0.1, -0.05) is 11.6 Å². The fourth-order valence-electron chi connectivity index (χ4n) is 2.58. The van der Waals surface area contributed by atoms with Gasteiger partial charge in [0.05, 0.1) is 31.9 Å².